The van der Waals surface area contributed by atoms with Crippen LogP contribution in [0.5, 0.6) is 0 Å². The molecule has 1 saturated heterocycles. The molecule has 0 unspecified atom stereocenters. The van der Waals surface area contributed by atoms with Crippen molar-refractivity contribution in [2.24, 2.45) is 0 Å². The SMILES string of the molecule is Cc1ccccc1-c1nc(S(=O)(=O)c2ccc(Br)cc2)c(N2CCN(C)CC2)o1. The zero-order valence-electron chi connectivity index (χ0n) is 16.3. The van der Waals surface area contributed by atoms with E-state index < -0.39 is 9.84 Å². The number of anilines is 1. The third-order valence-electron chi connectivity index (χ3n) is 5.12. The maximum Gasteiger partial charge on any atom is 0.236 e. The number of hydrogen-bond acceptors (Lipinski definition) is 6. The Balaban J connectivity index is 1.85. The van der Waals surface area contributed by atoms with Crippen LogP contribution in [0.4, 0.5) is 5.88 Å². The predicted octanol–water partition coefficient (Wildman–Crippen LogP) is 4.00. The fraction of sp³-hybridized carbons (Fsp3) is 0.286. The van der Waals surface area contributed by atoms with Crippen molar-refractivity contribution >= 4 is 31.7 Å². The molecule has 1 aliphatic heterocycles. The van der Waals surface area contributed by atoms with Crippen molar-refractivity contribution < 1.29 is 12.8 Å². The summed E-state index contributed by atoms with van der Waals surface area (Å²) in [5, 5.41) is -0.0253. The van der Waals surface area contributed by atoms with Crippen molar-refractivity contribution in [2.75, 3.05) is 38.1 Å². The van der Waals surface area contributed by atoms with Crippen molar-refractivity contribution in [1.29, 1.82) is 0 Å². The molecule has 0 spiro atoms. The molecule has 0 N–H and O–H groups in total. The zero-order chi connectivity index (χ0) is 20.6. The fourth-order valence-corrected chi connectivity index (χ4v) is 4.92. The van der Waals surface area contributed by atoms with E-state index in [0.717, 1.165) is 28.7 Å². The summed E-state index contributed by atoms with van der Waals surface area (Å²) in [5.41, 5.74) is 1.77. The van der Waals surface area contributed by atoms with E-state index in [-0.39, 0.29) is 9.92 Å². The van der Waals surface area contributed by atoms with Gasteiger partial charge in [0.05, 0.1) is 4.90 Å². The topological polar surface area (TPSA) is 66.7 Å². The number of hydrogen-bond donors (Lipinski definition) is 0. The van der Waals surface area contributed by atoms with Gasteiger partial charge in [0.2, 0.25) is 26.6 Å². The minimum Gasteiger partial charge on any atom is -0.419 e. The zero-order valence-corrected chi connectivity index (χ0v) is 18.7. The second-order valence-electron chi connectivity index (χ2n) is 7.19. The van der Waals surface area contributed by atoms with Crippen LogP contribution >= 0.6 is 15.9 Å². The molecule has 4 rings (SSSR count). The molecular weight excluding hydrogens is 454 g/mol. The second-order valence-corrected chi connectivity index (χ2v) is 9.97. The first-order valence-corrected chi connectivity index (χ1v) is 11.6. The summed E-state index contributed by atoms with van der Waals surface area (Å²) >= 11 is 3.35. The van der Waals surface area contributed by atoms with E-state index in [4.69, 9.17) is 4.42 Å². The maximum absolute atomic E-state index is 13.4. The second kappa shape index (κ2) is 7.93. The number of aromatic nitrogens is 1. The van der Waals surface area contributed by atoms with E-state index in [2.05, 4.69) is 32.9 Å². The molecular formula is C21H22BrN3O3S. The molecule has 0 saturated carbocycles. The van der Waals surface area contributed by atoms with Gasteiger partial charge in [-0.2, -0.15) is 4.98 Å². The third kappa shape index (κ3) is 3.97. The highest BCUT2D eigenvalue weighted by Crippen LogP contribution is 2.36. The Bertz CT molecular complexity index is 1120. The fourth-order valence-electron chi connectivity index (χ4n) is 3.34. The van der Waals surface area contributed by atoms with Crippen molar-refractivity contribution in [3.05, 3.63) is 58.6 Å². The number of aryl methyl sites for hydroxylation is 1. The van der Waals surface area contributed by atoms with E-state index >= 15 is 0 Å². The summed E-state index contributed by atoms with van der Waals surface area (Å²) in [5.74, 6) is 0.645. The number of likely N-dealkylation sites (N-methyl/N-ethyl adjacent to an activating group) is 1. The predicted molar refractivity (Wildman–Crippen MR) is 116 cm³/mol. The van der Waals surface area contributed by atoms with Crippen LogP contribution in [-0.2, 0) is 9.84 Å². The smallest absolute Gasteiger partial charge is 0.236 e. The van der Waals surface area contributed by atoms with E-state index in [0.29, 0.717) is 24.9 Å². The Kier molecular flexibility index (Phi) is 5.50. The number of piperazine rings is 1. The summed E-state index contributed by atoms with van der Waals surface area (Å²) in [7, 11) is -1.78. The standard InChI is InChI=1S/C21H22BrN3O3S/c1-15-5-3-4-6-18(15)19-23-20(21(28-19)25-13-11-24(2)12-14-25)29(26,27)17-9-7-16(22)8-10-17/h3-10H,11-14H2,1-2H3. The molecule has 1 aromatic heterocycles. The molecule has 0 bridgehead atoms. The molecule has 3 aromatic rings. The normalized spacial score (nSPS) is 15.6. The Morgan fingerprint density at radius 1 is 1.00 bits per heavy atom. The van der Waals surface area contributed by atoms with Gasteiger partial charge in [0.15, 0.2) is 0 Å². The number of rotatable bonds is 4. The van der Waals surface area contributed by atoms with Gasteiger partial charge in [-0.3, -0.25) is 0 Å². The molecule has 1 fully saturated rings. The van der Waals surface area contributed by atoms with Gasteiger partial charge in [0.1, 0.15) is 0 Å². The van der Waals surface area contributed by atoms with Gasteiger partial charge in [-0.1, -0.05) is 34.1 Å². The minimum atomic E-state index is -3.83. The third-order valence-corrected chi connectivity index (χ3v) is 7.32. The van der Waals surface area contributed by atoms with E-state index in [1.165, 1.54) is 0 Å². The molecule has 1 aliphatic rings. The molecule has 0 aliphatic carbocycles. The van der Waals surface area contributed by atoms with Gasteiger partial charge in [0, 0.05) is 36.2 Å². The summed E-state index contributed by atoms with van der Waals surface area (Å²) < 4.78 is 33.8. The molecule has 2 aromatic carbocycles. The summed E-state index contributed by atoms with van der Waals surface area (Å²) in [6.07, 6.45) is 0. The van der Waals surface area contributed by atoms with Gasteiger partial charge in [0.25, 0.3) is 0 Å². The lowest BCUT2D eigenvalue weighted by atomic mass is 10.1. The highest BCUT2D eigenvalue weighted by atomic mass is 79.9. The van der Waals surface area contributed by atoms with Gasteiger partial charge >= 0.3 is 0 Å². The monoisotopic (exact) mass is 475 g/mol. The van der Waals surface area contributed by atoms with Crippen molar-refractivity contribution in [3.63, 3.8) is 0 Å². The Labute approximate surface area is 179 Å². The van der Waals surface area contributed by atoms with E-state index in [1.807, 2.05) is 36.1 Å². The van der Waals surface area contributed by atoms with Crippen LogP contribution in [0.2, 0.25) is 0 Å². The molecule has 0 atom stereocenters. The number of benzene rings is 2. The minimum absolute atomic E-state index is 0.0253. The first kappa shape index (κ1) is 20.1. The average Bonchev–Trinajstić information content (AvgIpc) is 3.15. The molecule has 0 amide bonds. The van der Waals surface area contributed by atoms with Gasteiger partial charge in [-0.15, -0.1) is 0 Å². The van der Waals surface area contributed by atoms with Gasteiger partial charge in [-0.05, 0) is 49.9 Å². The first-order chi connectivity index (χ1) is 13.9. The van der Waals surface area contributed by atoms with Crippen molar-refractivity contribution in [3.8, 4) is 11.5 Å². The number of oxazole rings is 1. The Hall–Kier alpha value is -2.16. The van der Waals surface area contributed by atoms with Crippen LogP contribution in [0.3, 0.4) is 0 Å². The lowest BCUT2D eigenvalue weighted by molar-refractivity contribution is 0.305. The van der Waals surface area contributed by atoms with Crippen LogP contribution in [0.25, 0.3) is 11.5 Å². The molecule has 2 heterocycles. The molecule has 8 heteroatoms. The molecule has 152 valence electrons. The molecule has 29 heavy (non-hydrogen) atoms. The van der Waals surface area contributed by atoms with Crippen LogP contribution in [0.15, 0.2) is 67.3 Å². The average molecular weight is 476 g/mol. The lowest BCUT2D eigenvalue weighted by Gasteiger charge is -2.32. The highest BCUT2D eigenvalue weighted by molar-refractivity contribution is 9.10. The number of halogens is 1. The van der Waals surface area contributed by atoms with Crippen LogP contribution < -0.4 is 4.90 Å². The largest absolute Gasteiger partial charge is 0.419 e. The van der Waals surface area contributed by atoms with E-state index in [1.54, 1.807) is 24.3 Å². The van der Waals surface area contributed by atoms with Gasteiger partial charge < -0.3 is 14.2 Å². The lowest BCUT2D eigenvalue weighted by Crippen LogP contribution is -2.44. The molecule has 0 radical (unpaired) electrons. The number of sulfone groups is 1. The van der Waals surface area contributed by atoms with Crippen molar-refractivity contribution in [2.45, 2.75) is 16.8 Å². The maximum atomic E-state index is 13.4. The first-order valence-electron chi connectivity index (χ1n) is 9.37. The van der Waals surface area contributed by atoms with Crippen LogP contribution in [0.1, 0.15) is 5.56 Å². The highest BCUT2D eigenvalue weighted by Gasteiger charge is 2.32. The van der Waals surface area contributed by atoms with Crippen LogP contribution in [0, 0.1) is 6.92 Å². The van der Waals surface area contributed by atoms with Crippen molar-refractivity contribution in [1.82, 2.24) is 9.88 Å². The van der Waals surface area contributed by atoms with Crippen LogP contribution in [-0.4, -0.2) is 51.5 Å². The Morgan fingerprint density at radius 3 is 2.31 bits per heavy atom. The quantitative estimate of drug-likeness (QED) is 0.567. The van der Waals surface area contributed by atoms with Gasteiger partial charge in [-0.25, -0.2) is 8.42 Å². The summed E-state index contributed by atoms with van der Waals surface area (Å²) in [6.45, 7) is 4.98. The molecule has 6 nitrogen and oxygen atoms in total. The van der Waals surface area contributed by atoms with E-state index in [9.17, 15) is 8.42 Å². The summed E-state index contributed by atoms with van der Waals surface area (Å²) in [6, 6.07) is 14.3. The number of nitrogens with zero attached hydrogens (tertiary/aromatic N) is 3. The Morgan fingerprint density at radius 2 is 1.66 bits per heavy atom. The summed E-state index contributed by atoms with van der Waals surface area (Å²) in [4.78, 5) is 8.86.